The fourth-order valence-corrected chi connectivity index (χ4v) is 9.05. The molecule has 17 unspecified atom stereocenters. The highest BCUT2D eigenvalue weighted by molar-refractivity contribution is 5.76. The molecule has 0 spiro atoms. The van der Waals surface area contributed by atoms with Crippen molar-refractivity contribution in [2.75, 3.05) is 26.4 Å². The molecule has 1 amide bonds. The van der Waals surface area contributed by atoms with Crippen molar-refractivity contribution in [3.8, 4) is 0 Å². The van der Waals surface area contributed by atoms with Crippen molar-refractivity contribution >= 4 is 5.91 Å². The molecule has 456 valence electrons. The van der Waals surface area contributed by atoms with Gasteiger partial charge in [0, 0.05) is 6.42 Å². The molecule has 0 aromatic carbocycles. The number of rotatable bonds is 40. The number of aliphatic hydroxyl groups excluding tert-OH is 11. The van der Waals surface area contributed by atoms with E-state index in [0.29, 0.717) is 12.8 Å². The lowest BCUT2D eigenvalue weighted by Crippen LogP contribution is -2.66. The van der Waals surface area contributed by atoms with Crippen LogP contribution >= 0.6 is 0 Å². The molecule has 3 heterocycles. The molecule has 0 radical (unpaired) electrons. The van der Waals surface area contributed by atoms with Crippen LogP contribution in [0, 0.1) is 0 Å². The van der Waals surface area contributed by atoms with E-state index in [0.717, 1.165) is 103 Å². The molecule has 3 aliphatic heterocycles. The molecule has 17 atom stereocenters. The van der Waals surface area contributed by atoms with E-state index in [-0.39, 0.29) is 18.9 Å². The van der Waals surface area contributed by atoms with Crippen molar-refractivity contribution < 1.29 is 89.4 Å². The van der Waals surface area contributed by atoms with Crippen LogP contribution in [-0.4, -0.2) is 193 Å². The fourth-order valence-electron chi connectivity index (χ4n) is 9.05. The maximum absolute atomic E-state index is 13.3. The molecule has 3 fully saturated rings. The van der Waals surface area contributed by atoms with E-state index in [9.17, 15) is 61.0 Å². The molecule has 0 aromatic heterocycles. The third-order valence-electron chi connectivity index (χ3n) is 13.8. The van der Waals surface area contributed by atoms with Crippen LogP contribution < -0.4 is 5.32 Å². The van der Waals surface area contributed by atoms with Crippen molar-refractivity contribution in [1.82, 2.24) is 5.32 Å². The van der Waals surface area contributed by atoms with Gasteiger partial charge in [-0.05, 0) is 89.9 Å². The summed E-state index contributed by atoms with van der Waals surface area (Å²) in [5.74, 6) is -0.314. The minimum atomic E-state index is -1.99. The van der Waals surface area contributed by atoms with Gasteiger partial charge in [0.2, 0.25) is 5.91 Å². The van der Waals surface area contributed by atoms with Gasteiger partial charge in [-0.3, -0.25) is 4.79 Å². The Morgan fingerprint density at radius 2 is 0.838 bits per heavy atom. The minimum absolute atomic E-state index is 0.206. The smallest absolute Gasteiger partial charge is 0.220 e. The first-order valence-corrected chi connectivity index (χ1v) is 29.1. The summed E-state index contributed by atoms with van der Waals surface area (Å²) in [5.41, 5.74) is 0. The lowest BCUT2D eigenvalue weighted by atomic mass is 9.96. The summed E-state index contributed by atoms with van der Waals surface area (Å²) < 4.78 is 34.1. The molecule has 80 heavy (non-hydrogen) atoms. The molecule has 19 nitrogen and oxygen atoms in total. The first-order valence-electron chi connectivity index (χ1n) is 29.1. The summed E-state index contributed by atoms with van der Waals surface area (Å²) in [5, 5.41) is 120. The van der Waals surface area contributed by atoms with E-state index < -0.39 is 124 Å². The van der Waals surface area contributed by atoms with Crippen LogP contribution in [0.1, 0.15) is 136 Å². The Morgan fingerprint density at radius 1 is 0.450 bits per heavy atom. The molecule has 0 saturated carbocycles. The van der Waals surface area contributed by atoms with Gasteiger partial charge in [0.1, 0.15) is 73.2 Å². The Morgan fingerprint density at radius 3 is 1.35 bits per heavy atom. The van der Waals surface area contributed by atoms with E-state index in [1.165, 1.54) is 0 Å². The average molecular weight is 1130 g/mol. The number of hydrogen-bond acceptors (Lipinski definition) is 18. The first-order chi connectivity index (χ1) is 38.8. The number of aliphatic hydroxyl groups is 11. The zero-order chi connectivity index (χ0) is 58.3. The van der Waals surface area contributed by atoms with Gasteiger partial charge in [-0.2, -0.15) is 0 Å². The van der Waals surface area contributed by atoms with Crippen LogP contribution in [0.15, 0.2) is 109 Å². The van der Waals surface area contributed by atoms with Gasteiger partial charge in [-0.1, -0.05) is 149 Å². The number of nitrogens with one attached hydrogen (secondary N) is 1. The summed E-state index contributed by atoms with van der Waals surface area (Å²) >= 11 is 0. The predicted octanol–water partition coefficient (Wildman–Crippen LogP) is 4.75. The normalized spacial score (nSPS) is 30.8. The lowest BCUT2D eigenvalue weighted by Gasteiger charge is -2.48. The summed E-state index contributed by atoms with van der Waals surface area (Å²) in [6, 6.07) is -1.01. The Kier molecular flexibility index (Phi) is 38.1. The largest absolute Gasteiger partial charge is 0.394 e. The SMILES string of the molecule is CC/C=C\C/C=C\C/C=C\C/C=C\C/C=C\C/C=C\CCCCCCCCC(=O)NC(COC1OC(CO)C(OC2OC(CO)C(OC3OC(CO)C(O)C(O)C3O)C(O)C2O)C(O)C1O)C(O)/C=C/CC/C=C/CC/C=C/CC. The van der Waals surface area contributed by atoms with Crippen LogP contribution in [0.5, 0.6) is 0 Å². The first kappa shape index (κ1) is 70.7. The second-order valence-corrected chi connectivity index (χ2v) is 20.3. The van der Waals surface area contributed by atoms with Crippen LogP contribution in [0.4, 0.5) is 0 Å². The maximum atomic E-state index is 13.3. The fraction of sp³-hybridized carbons (Fsp3) is 0.689. The monoisotopic (exact) mass is 1130 g/mol. The lowest BCUT2D eigenvalue weighted by molar-refractivity contribution is -0.379. The number of allylic oxidation sites excluding steroid dienone is 17. The van der Waals surface area contributed by atoms with E-state index >= 15 is 0 Å². The highest BCUT2D eigenvalue weighted by atomic mass is 16.8. The second kappa shape index (κ2) is 43.1. The van der Waals surface area contributed by atoms with E-state index in [1.807, 2.05) is 0 Å². The molecule has 3 saturated heterocycles. The van der Waals surface area contributed by atoms with Gasteiger partial charge < -0.3 is 89.9 Å². The standard InChI is InChI=1S/C61H99NO18/c1-3-5-7-9-11-13-15-16-17-18-19-20-21-22-23-24-25-26-27-28-29-31-33-35-37-39-49(67)62-44(45(66)38-36-34-32-30-14-12-10-8-6-4-2)43-75-59-55(73)52(70)57(47(41-64)77-59)80-61-56(74)53(71)58(48(42-65)78-61)79-60-54(72)51(69)50(68)46(40-63)76-60/h5-8,11,13-14,16-17,19-20,22-23,25-26,30,36,38,44-48,50-61,63-66,68-74H,3-4,9-10,12,15,18,21,24,27-29,31-35,37,39-43H2,1-2H3,(H,62,67)/b7-5-,8-6+,13-11-,17-16-,20-19-,23-22-,26-25-,30-14+,38-36+. The Bertz CT molecular complexity index is 1880. The number of hydrogen-bond donors (Lipinski definition) is 12. The van der Waals surface area contributed by atoms with Gasteiger partial charge in [-0.15, -0.1) is 0 Å². The van der Waals surface area contributed by atoms with E-state index in [4.69, 9.17) is 28.4 Å². The predicted molar refractivity (Wildman–Crippen MR) is 304 cm³/mol. The molecule has 3 aliphatic rings. The number of unbranched alkanes of at least 4 members (excludes halogenated alkanes) is 8. The van der Waals surface area contributed by atoms with Crippen molar-refractivity contribution in [3.05, 3.63) is 109 Å². The zero-order valence-electron chi connectivity index (χ0n) is 47.2. The molecule has 0 aromatic rings. The molecule has 0 aliphatic carbocycles. The Balaban J connectivity index is 1.47. The average Bonchev–Trinajstić information content (AvgIpc) is 3.47. The van der Waals surface area contributed by atoms with Gasteiger partial charge in [-0.25, -0.2) is 0 Å². The molecule has 12 N–H and O–H groups in total. The summed E-state index contributed by atoms with van der Waals surface area (Å²) in [4.78, 5) is 13.3. The van der Waals surface area contributed by atoms with Crippen LogP contribution in [0.25, 0.3) is 0 Å². The Hall–Kier alpha value is -3.55. The van der Waals surface area contributed by atoms with E-state index in [1.54, 1.807) is 12.2 Å². The summed E-state index contributed by atoms with van der Waals surface area (Å²) in [6.45, 7) is 1.39. The van der Waals surface area contributed by atoms with Gasteiger partial charge in [0.15, 0.2) is 18.9 Å². The van der Waals surface area contributed by atoms with Crippen molar-refractivity contribution in [3.63, 3.8) is 0 Å². The van der Waals surface area contributed by atoms with Crippen molar-refractivity contribution in [2.24, 2.45) is 0 Å². The molecular formula is C61H99NO18. The number of amides is 1. The van der Waals surface area contributed by atoms with Crippen molar-refractivity contribution in [2.45, 2.75) is 240 Å². The van der Waals surface area contributed by atoms with Gasteiger partial charge in [0.25, 0.3) is 0 Å². The minimum Gasteiger partial charge on any atom is -0.394 e. The Labute approximate surface area is 475 Å². The van der Waals surface area contributed by atoms with Gasteiger partial charge in [0.05, 0.1) is 38.6 Å². The maximum Gasteiger partial charge on any atom is 0.220 e. The third-order valence-corrected chi connectivity index (χ3v) is 13.8. The molecule has 3 rings (SSSR count). The molecule has 0 bridgehead atoms. The second-order valence-electron chi connectivity index (χ2n) is 20.3. The summed E-state index contributed by atoms with van der Waals surface area (Å²) in [7, 11) is 0. The summed E-state index contributed by atoms with van der Waals surface area (Å²) in [6.07, 6.45) is 28.1. The number of carbonyl (C=O) groups excluding carboxylic acids is 1. The van der Waals surface area contributed by atoms with Crippen molar-refractivity contribution in [1.29, 1.82) is 0 Å². The van der Waals surface area contributed by atoms with E-state index in [2.05, 4.69) is 116 Å². The quantitative estimate of drug-likeness (QED) is 0.0291. The number of ether oxygens (including phenoxy) is 6. The van der Waals surface area contributed by atoms with Gasteiger partial charge >= 0.3 is 0 Å². The van der Waals surface area contributed by atoms with Crippen LogP contribution in [0.3, 0.4) is 0 Å². The topological polar surface area (TPSA) is 307 Å². The zero-order valence-corrected chi connectivity index (χ0v) is 47.2. The highest BCUT2D eigenvalue weighted by Crippen LogP contribution is 2.33. The highest BCUT2D eigenvalue weighted by Gasteiger charge is 2.53. The number of carbonyl (C=O) groups is 1. The molecule has 19 heteroatoms. The van der Waals surface area contributed by atoms with Crippen LogP contribution in [-0.2, 0) is 33.2 Å². The van der Waals surface area contributed by atoms with Crippen LogP contribution in [0.2, 0.25) is 0 Å². The molecular weight excluding hydrogens is 1030 g/mol. The third kappa shape index (κ3) is 26.8.